The molecule has 1 saturated carbocycles. The molecule has 2 aromatic rings. The third-order valence-corrected chi connectivity index (χ3v) is 4.85. The Morgan fingerprint density at radius 2 is 1.72 bits per heavy atom. The number of halogens is 2. The zero-order valence-corrected chi connectivity index (χ0v) is 10.8. The molecule has 3 rings (SSSR count). The largest absolute Gasteiger partial charge is 0.321 e. The monoisotopic (exact) mass is 267 g/mol. The van der Waals surface area contributed by atoms with Gasteiger partial charge in [0.1, 0.15) is 0 Å². The Hall–Kier alpha value is -1.00. The molecule has 18 heavy (non-hydrogen) atoms. The highest BCUT2D eigenvalue weighted by atomic mass is 32.1. The molecular weight excluding hydrogens is 252 g/mol. The highest BCUT2D eigenvalue weighted by Gasteiger charge is 2.42. The predicted octanol–water partition coefficient (Wildman–Crippen LogP) is 4.26. The second-order valence-electron chi connectivity index (χ2n) is 5.16. The highest BCUT2D eigenvalue weighted by molar-refractivity contribution is 7.17. The van der Waals surface area contributed by atoms with Gasteiger partial charge >= 0.3 is 0 Å². The van der Waals surface area contributed by atoms with E-state index in [-0.39, 0.29) is 12.8 Å². The number of alkyl halides is 2. The first kappa shape index (κ1) is 12.1. The van der Waals surface area contributed by atoms with Crippen molar-refractivity contribution in [3.05, 3.63) is 35.2 Å². The van der Waals surface area contributed by atoms with Gasteiger partial charge in [-0.1, -0.05) is 18.2 Å². The summed E-state index contributed by atoms with van der Waals surface area (Å²) in [5.74, 6) is -2.53. The molecule has 1 aromatic carbocycles. The van der Waals surface area contributed by atoms with Gasteiger partial charge in [-0.3, -0.25) is 0 Å². The van der Waals surface area contributed by atoms with Gasteiger partial charge in [0.05, 0.1) is 0 Å². The van der Waals surface area contributed by atoms with Crippen LogP contribution < -0.4 is 5.73 Å². The summed E-state index contributed by atoms with van der Waals surface area (Å²) >= 11 is 1.64. The van der Waals surface area contributed by atoms with Gasteiger partial charge in [0, 0.05) is 23.1 Å². The van der Waals surface area contributed by atoms with Gasteiger partial charge in [-0.15, -0.1) is 11.3 Å². The smallest absolute Gasteiger partial charge is 0.248 e. The number of thiophene rings is 1. The quantitative estimate of drug-likeness (QED) is 0.820. The van der Waals surface area contributed by atoms with Crippen LogP contribution >= 0.6 is 11.3 Å². The van der Waals surface area contributed by atoms with Crippen LogP contribution in [0.1, 0.15) is 31.2 Å². The van der Waals surface area contributed by atoms with Crippen molar-refractivity contribution in [2.75, 3.05) is 0 Å². The highest BCUT2D eigenvalue weighted by Crippen LogP contribution is 2.45. The van der Waals surface area contributed by atoms with Gasteiger partial charge in [-0.05, 0) is 35.2 Å². The van der Waals surface area contributed by atoms with E-state index in [1.165, 1.54) is 4.70 Å². The summed E-state index contributed by atoms with van der Waals surface area (Å²) < 4.78 is 27.7. The summed E-state index contributed by atoms with van der Waals surface area (Å²) in [6.07, 6.45) is 0.517. The van der Waals surface area contributed by atoms with E-state index >= 15 is 0 Å². The molecule has 0 unspecified atom stereocenters. The molecule has 0 atom stereocenters. The van der Waals surface area contributed by atoms with Crippen LogP contribution in [-0.2, 0) is 5.54 Å². The van der Waals surface area contributed by atoms with E-state index in [0.29, 0.717) is 12.8 Å². The third-order valence-electron chi connectivity index (χ3n) is 3.89. The number of hydrogen-bond donors (Lipinski definition) is 1. The first-order valence-electron chi connectivity index (χ1n) is 6.14. The molecule has 2 N–H and O–H groups in total. The molecule has 1 aliphatic carbocycles. The van der Waals surface area contributed by atoms with E-state index in [0.717, 1.165) is 10.9 Å². The molecule has 4 heteroatoms. The lowest BCUT2D eigenvalue weighted by molar-refractivity contribution is -0.0511. The van der Waals surface area contributed by atoms with Crippen molar-refractivity contribution < 1.29 is 8.78 Å². The molecule has 0 saturated heterocycles. The van der Waals surface area contributed by atoms with Crippen LogP contribution in [0.2, 0.25) is 0 Å². The maximum atomic E-state index is 13.3. The van der Waals surface area contributed by atoms with E-state index in [1.807, 2.05) is 29.6 Å². The van der Waals surface area contributed by atoms with Crippen molar-refractivity contribution in [2.45, 2.75) is 37.1 Å². The maximum absolute atomic E-state index is 13.3. The van der Waals surface area contributed by atoms with Crippen molar-refractivity contribution in [3.8, 4) is 0 Å². The lowest BCUT2D eigenvalue weighted by atomic mass is 9.76. The first-order valence-corrected chi connectivity index (χ1v) is 7.02. The van der Waals surface area contributed by atoms with Gasteiger partial charge in [-0.2, -0.15) is 0 Å². The Bertz CT molecular complexity index is 566. The van der Waals surface area contributed by atoms with Crippen LogP contribution in [0, 0.1) is 0 Å². The average Bonchev–Trinajstić information content (AvgIpc) is 2.78. The molecule has 1 aliphatic rings. The minimum absolute atomic E-state index is 0.103. The molecule has 1 fully saturated rings. The van der Waals surface area contributed by atoms with Crippen molar-refractivity contribution in [1.82, 2.24) is 0 Å². The van der Waals surface area contributed by atoms with E-state index in [2.05, 4.69) is 0 Å². The zero-order valence-electron chi connectivity index (χ0n) is 9.96. The van der Waals surface area contributed by atoms with Crippen LogP contribution in [0.5, 0.6) is 0 Å². The van der Waals surface area contributed by atoms with Crippen molar-refractivity contribution >= 4 is 21.4 Å². The van der Waals surface area contributed by atoms with Crippen LogP contribution in [-0.4, -0.2) is 5.92 Å². The van der Waals surface area contributed by atoms with Crippen LogP contribution in [0.4, 0.5) is 8.78 Å². The van der Waals surface area contributed by atoms with Crippen LogP contribution in [0.25, 0.3) is 10.1 Å². The normalized spacial score (nSPS) is 22.2. The maximum Gasteiger partial charge on any atom is 0.248 e. The third kappa shape index (κ3) is 1.93. The standard InChI is InChI=1S/C14H15F2NS/c15-14(16)7-5-13(17,6-8-14)11-9-18-12-4-2-1-3-10(11)12/h1-4,9H,5-8,17H2. The summed E-state index contributed by atoms with van der Waals surface area (Å²) in [6.45, 7) is 0. The van der Waals surface area contributed by atoms with Gasteiger partial charge in [0.2, 0.25) is 5.92 Å². The summed E-state index contributed by atoms with van der Waals surface area (Å²) in [7, 11) is 0. The lowest BCUT2D eigenvalue weighted by Crippen LogP contribution is -2.43. The number of rotatable bonds is 1. The summed E-state index contributed by atoms with van der Waals surface area (Å²) in [6, 6.07) is 8.03. The van der Waals surface area contributed by atoms with E-state index in [4.69, 9.17) is 5.73 Å². The number of fused-ring (bicyclic) bond motifs is 1. The van der Waals surface area contributed by atoms with E-state index in [1.54, 1.807) is 11.3 Å². The van der Waals surface area contributed by atoms with Crippen molar-refractivity contribution in [1.29, 1.82) is 0 Å². The molecule has 0 amide bonds. The molecule has 1 heterocycles. The molecule has 0 bridgehead atoms. The molecule has 0 spiro atoms. The topological polar surface area (TPSA) is 26.0 Å². The average molecular weight is 267 g/mol. The minimum atomic E-state index is -2.53. The molecule has 0 aliphatic heterocycles. The Balaban J connectivity index is 1.99. The summed E-state index contributed by atoms with van der Waals surface area (Å²) in [5.41, 5.74) is 6.84. The van der Waals surface area contributed by atoms with Crippen molar-refractivity contribution in [3.63, 3.8) is 0 Å². The Morgan fingerprint density at radius 1 is 1.06 bits per heavy atom. The lowest BCUT2D eigenvalue weighted by Gasteiger charge is -2.37. The van der Waals surface area contributed by atoms with E-state index in [9.17, 15) is 8.78 Å². The molecule has 1 aromatic heterocycles. The SMILES string of the molecule is NC1(c2csc3ccccc23)CCC(F)(F)CC1. The van der Waals surface area contributed by atoms with Crippen LogP contribution in [0.3, 0.4) is 0 Å². The second kappa shape index (κ2) is 4.00. The van der Waals surface area contributed by atoms with Crippen LogP contribution in [0.15, 0.2) is 29.6 Å². The Labute approximate surface area is 109 Å². The van der Waals surface area contributed by atoms with Crippen molar-refractivity contribution in [2.24, 2.45) is 5.73 Å². The fourth-order valence-electron chi connectivity index (χ4n) is 2.69. The van der Waals surface area contributed by atoms with E-state index < -0.39 is 11.5 Å². The molecular formula is C14H15F2NS. The number of benzene rings is 1. The fourth-order valence-corrected chi connectivity index (χ4v) is 3.76. The first-order chi connectivity index (χ1) is 8.50. The Kier molecular flexibility index (Phi) is 2.68. The zero-order chi connectivity index (χ0) is 12.8. The molecule has 1 nitrogen and oxygen atoms in total. The van der Waals surface area contributed by atoms with Gasteiger partial charge in [0.15, 0.2) is 0 Å². The predicted molar refractivity (Wildman–Crippen MR) is 71.1 cm³/mol. The Morgan fingerprint density at radius 3 is 2.44 bits per heavy atom. The summed E-state index contributed by atoms with van der Waals surface area (Å²) in [5, 5.41) is 3.16. The number of hydrogen-bond acceptors (Lipinski definition) is 2. The summed E-state index contributed by atoms with van der Waals surface area (Å²) in [4.78, 5) is 0. The molecule has 96 valence electrons. The molecule has 0 radical (unpaired) electrons. The minimum Gasteiger partial charge on any atom is -0.321 e. The van der Waals surface area contributed by atoms with Gasteiger partial charge in [-0.25, -0.2) is 8.78 Å². The second-order valence-corrected chi connectivity index (χ2v) is 6.07. The fraction of sp³-hybridized carbons (Fsp3) is 0.429. The number of nitrogens with two attached hydrogens (primary N) is 1. The van der Waals surface area contributed by atoms with Gasteiger partial charge < -0.3 is 5.73 Å². The van der Waals surface area contributed by atoms with Gasteiger partial charge in [0.25, 0.3) is 0 Å².